The Hall–Kier alpha value is -4.46. The van der Waals surface area contributed by atoms with Crippen LogP contribution in [0.5, 0.6) is 0 Å². The lowest BCUT2D eigenvalue weighted by molar-refractivity contribution is 0.0185. The molecule has 2 unspecified atom stereocenters. The van der Waals surface area contributed by atoms with Crippen LogP contribution in [0.2, 0.25) is 0 Å². The van der Waals surface area contributed by atoms with Crippen molar-refractivity contribution < 1.29 is 24.5 Å². The van der Waals surface area contributed by atoms with Crippen molar-refractivity contribution in [1.82, 2.24) is 5.32 Å². The van der Waals surface area contributed by atoms with Gasteiger partial charge < -0.3 is 26.0 Å². The molecule has 0 radical (unpaired) electrons. The molecule has 2 atom stereocenters. The normalized spacial score (nSPS) is 13.7. The van der Waals surface area contributed by atoms with Crippen LogP contribution < -0.4 is 11.1 Å². The fraction of sp³-hybridized carbons (Fsp3) is 0.161. The molecule has 0 bridgehead atoms. The van der Waals surface area contributed by atoms with Crippen molar-refractivity contribution in [2.24, 2.45) is 0 Å². The molecule has 38 heavy (non-hydrogen) atoms. The van der Waals surface area contributed by atoms with Crippen LogP contribution in [0.4, 0.5) is 10.5 Å². The average Bonchev–Trinajstić information content (AvgIpc) is 3.28. The highest BCUT2D eigenvalue weighted by Crippen LogP contribution is 2.44. The van der Waals surface area contributed by atoms with Gasteiger partial charge in [-0.3, -0.25) is 4.79 Å². The molecule has 0 aromatic heterocycles. The Morgan fingerprint density at radius 1 is 0.842 bits per heavy atom. The third-order valence-electron chi connectivity index (χ3n) is 6.86. The molecule has 0 saturated heterocycles. The van der Waals surface area contributed by atoms with Gasteiger partial charge in [-0.2, -0.15) is 0 Å². The lowest BCUT2D eigenvalue weighted by atomic mass is 9.96. The number of amides is 1. The number of ketones is 1. The van der Waals surface area contributed by atoms with Crippen molar-refractivity contribution in [3.05, 3.63) is 125 Å². The largest absolute Gasteiger partial charge is 0.449 e. The maximum absolute atomic E-state index is 12.9. The van der Waals surface area contributed by atoms with Gasteiger partial charge in [-0.1, -0.05) is 84.9 Å². The Bertz CT molecular complexity index is 1420. The van der Waals surface area contributed by atoms with Gasteiger partial charge in [0.15, 0.2) is 5.78 Å². The summed E-state index contributed by atoms with van der Waals surface area (Å²) in [6.07, 6.45) is -3.39. The number of carbonyl (C=O) groups is 2. The third-order valence-corrected chi connectivity index (χ3v) is 6.86. The number of hydrogen-bond acceptors (Lipinski definition) is 6. The number of nitrogens with one attached hydrogen (secondary N) is 1. The number of ether oxygens (including phenoxy) is 1. The van der Waals surface area contributed by atoms with E-state index in [4.69, 9.17) is 10.5 Å². The number of aliphatic hydroxyl groups is 2. The molecule has 0 fully saturated rings. The molecule has 0 saturated carbocycles. The Labute approximate surface area is 220 Å². The summed E-state index contributed by atoms with van der Waals surface area (Å²) < 4.78 is 5.49. The van der Waals surface area contributed by atoms with Gasteiger partial charge in [0.2, 0.25) is 0 Å². The third kappa shape index (κ3) is 5.02. The minimum atomic E-state index is -1.35. The van der Waals surface area contributed by atoms with Crippen LogP contribution in [-0.2, 0) is 4.74 Å². The zero-order valence-corrected chi connectivity index (χ0v) is 20.6. The zero-order valence-electron chi connectivity index (χ0n) is 20.6. The van der Waals surface area contributed by atoms with Crippen molar-refractivity contribution in [1.29, 1.82) is 0 Å². The number of aliphatic hydroxyl groups excluding tert-OH is 2. The van der Waals surface area contributed by atoms with Gasteiger partial charge in [-0.15, -0.1) is 0 Å². The highest BCUT2D eigenvalue weighted by molar-refractivity contribution is 6.12. The average molecular weight is 509 g/mol. The van der Waals surface area contributed by atoms with E-state index in [2.05, 4.69) is 17.4 Å². The minimum absolute atomic E-state index is 0.0842. The summed E-state index contributed by atoms with van der Waals surface area (Å²) in [5.74, 6) is -0.373. The van der Waals surface area contributed by atoms with Crippen molar-refractivity contribution in [3.8, 4) is 11.1 Å². The molecule has 1 aliphatic carbocycles. The SMILES string of the molecule is Nc1ccc(C(O)C(O)CNC(=O)OCC2c3ccccc3-c3ccccc32)cc1C(=O)c1ccccc1. The van der Waals surface area contributed by atoms with E-state index in [1.54, 1.807) is 30.3 Å². The fourth-order valence-corrected chi connectivity index (χ4v) is 4.87. The molecule has 5 N–H and O–H groups in total. The highest BCUT2D eigenvalue weighted by Gasteiger charge is 2.29. The summed E-state index contributed by atoms with van der Waals surface area (Å²) in [5, 5.41) is 23.8. The first-order valence-corrected chi connectivity index (χ1v) is 12.4. The van der Waals surface area contributed by atoms with Gasteiger partial charge in [0.25, 0.3) is 0 Å². The van der Waals surface area contributed by atoms with Crippen LogP contribution in [0.3, 0.4) is 0 Å². The van der Waals surface area contributed by atoms with Crippen molar-refractivity contribution in [2.45, 2.75) is 18.1 Å². The summed E-state index contributed by atoms with van der Waals surface area (Å²) in [6.45, 7) is -0.106. The van der Waals surface area contributed by atoms with E-state index < -0.39 is 18.3 Å². The minimum Gasteiger partial charge on any atom is -0.449 e. The van der Waals surface area contributed by atoms with Gasteiger partial charge in [-0.05, 0) is 39.9 Å². The summed E-state index contributed by atoms with van der Waals surface area (Å²) in [6, 6.07) is 29.3. The van der Waals surface area contributed by atoms with Crippen LogP contribution in [0.25, 0.3) is 11.1 Å². The molecule has 4 aromatic rings. The van der Waals surface area contributed by atoms with Crippen LogP contribution in [-0.4, -0.2) is 41.3 Å². The van der Waals surface area contributed by atoms with E-state index in [0.29, 0.717) is 11.1 Å². The monoisotopic (exact) mass is 508 g/mol. The fourth-order valence-electron chi connectivity index (χ4n) is 4.87. The van der Waals surface area contributed by atoms with Gasteiger partial charge >= 0.3 is 6.09 Å². The second-order valence-corrected chi connectivity index (χ2v) is 9.26. The van der Waals surface area contributed by atoms with Crippen molar-refractivity contribution in [3.63, 3.8) is 0 Å². The van der Waals surface area contributed by atoms with E-state index in [1.165, 1.54) is 18.2 Å². The Balaban J connectivity index is 1.19. The van der Waals surface area contributed by atoms with E-state index in [9.17, 15) is 19.8 Å². The van der Waals surface area contributed by atoms with Crippen LogP contribution in [0, 0.1) is 0 Å². The zero-order chi connectivity index (χ0) is 26.6. The maximum Gasteiger partial charge on any atom is 0.407 e. The quantitative estimate of drug-likeness (QED) is 0.206. The van der Waals surface area contributed by atoms with E-state index >= 15 is 0 Å². The molecule has 7 nitrogen and oxygen atoms in total. The van der Waals surface area contributed by atoms with Crippen molar-refractivity contribution in [2.75, 3.05) is 18.9 Å². The Morgan fingerprint density at radius 3 is 2.11 bits per heavy atom. The number of anilines is 1. The second kappa shape index (κ2) is 10.9. The number of carbonyl (C=O) groups excluding carboxylic acids is 2. The van der Waals surface area contributed by atoms with Gasteiger partial charge in [0.1, 0.15) is 18.8 Å². The first kappa shape index (κ1) is 25.2. The lowest BCUT2D eigenvalue weighted by Gasteiger charge is -2.20. The molecule has 0 aliphatic heterocycles. The Kier molecular flexibility index (Phi) is 7.22. The predicted octanol–water partition coefficient (Wildman–Crippen LogP) is 4.43. The molecule has 4 aromatic carbocycles. The van der Waals surface area contributed by atoms with Crippen molar-refractivity contribution >= 4 is 17.6 Å². The van der Waals surface area contributed by atoms with E-state index in [-0.39, 0.29) is 36.1 Å². The van der Waals surface area contributed by atoms with Gasteiger partial charge in [0.05, 0.1) is 0 Å². The number of fused-ring (bicyclic) bond motifs is 3. The molecule has 7 heteroatoms. The number of rotatable bonds is 8. The standard InChI is InChI=1S/C31H28N2O5/c32-27-15-14-20(16-25(27)29(35)19-8-2-1-3-9-19)30(36)28(34)17-33-31(37)38-18-26-23-12-6-4-10-21(23)22-11-5-7-13-24(22)26/h1-16,26,28,30,34,36H,17-18,32H2,(H,33,37). The highest BCUT2D eigenvalue weighted by atomic mass is 16.5. The molecule has 0 heterocycles. The maximum atomic E-state index is 12.9. The van der Waals surface area contributed by atoms with Crippen LogP contribution in [0.15, 0.2) is 97.1 Å². The predicted molar refractivity (Wildman–Crippen MR) is 145 cm³/mol. The molecule has 1 amide bonds. The van der Waals surface area contributed by atoms with Gasteiger partial charge in [0, 0.05) is 29.3 Å². The number of nitrogens with two attached hydrogens (primary N) is 1. The first-order valence-electron chi connectivity index (χ1n) is 12.4. The summed E-state index contributed by atoms with van der Waals surface area (Å²) in [7, 11) is 0. The number of alkyl carbamates (subject to hydrolysis) is 1. The number of hydrogen-bond donors (Lipinski definition) is 4. The van der Waals surface area contributed by atoms with E-state index in [1.807, 2.05) is 36.4 Å². The molecule has 5 rings (SSSR count). The summed E-state index contributed by atoms with van der Waals surface area (Å²) in [5.41, 5.74) is 11.7. The first-order chi connectivity index (χ1) is 18.4. The smallest absolute Gasteiger partial charge is 0.407 e. The second-order valence-electron chi connectivity index (χ2n) is 9.26. The topological polar surface area (TPSA) is 122 Å². The molecular formula is C31H28N2O5. The summed E-state index contributed by atoms with van der Waals surface area (Å²) in [4.78, 5) is 25.3. The molecule has 192 valence electrons. The number of nitrogen functional groups attached to an aromatic ring is 1. The van der Waals surface area contributed by atoms with E-state index in [0.717, 1.165) is 22.3 Å². The summed E-state index contributed by atoms with van der Waals surface area (Å²) >= 11 is 0. The van der Waals surface area contributed by atoms with Gasteiger partial charge in [-0.25, -0.2) is 4.79 Å². The Morgan fingerprint density at radius 2 is 1.45 bits per heavy atom. The molecule has 0 spiro atoms. The molecule has 1 aliphatic rings. The molecular weight excluding hydrogens is 480 g/mol. The van der Waals surface area contributed by atoms with Crippen LogP contribution in [0.1, 0.15) is 44.6 Å². The number of benzene rings is 4. The van der Waals surface area contributed by atoms with Crippen LogP contribution >= 0.6 is 0 Å². The lowest BCUT2D eigenvalue weighted by Crippen LogP contribution is -2.36.